The third-order valence-electron chi connectivity index (χ3n) is 4.19. The van der Waals surface area contributed by atoms with Gasteiger partial charge in [0.25, 0.3) is 0 Å². The van der Waals surface area contributed by atoms with Crippen LogP contribution in [-0.2, 0) is 9.59 Å². The number of carboxylic acid groups (broad SMARTS) is 2. The summed E-state index contributed by atoms with van der Waals surface area (Å²) in [5.74, 6) is -0.0904. The summed E-state index contributed by atoms with van der Waals surface area (Å²) in [4.78, 5) is 21.7. The van der Waals surface area contributed by atoms with Crippen LogP contribution in [0.25, 0.3) is 0 Å². The standard InChI is InChI=1S/C16H28N2O4S/c1-16(2)8-11(16)9-18-13(15(21)22)6-4-3-5-7-23-10-12(17)14(19)20/h6,11-12,18H,3-5,7-10,17H2,1-2H3,(H,19,20)(H,21,22)/b13-6-/t11?,12-/m0/s1. The summed E-state index contributed by atoms with van der Waals surface area (Å²) in [7, 11) is 0. The molecular weight excluding hydrogens is 316 g/mol. The molecular formula is C16H28N2O4S. The van der Waals surface area contributed by atoms with Gasteiger partial charge in [-0.05, 0) is 42.8 Å². The van der Waals surface area contributed by atoms with E-state index in [4.69, 9.17) is 10.8 Å². The summed E-state index contributed by atoms with van der Waals surface area (Å²) < 4.78 is 0. The number of nitrogens with one attached hydrogen (secondary N) is 1. The van der Waals surface area contributed by atoms with Crippen LogP contribution in [0.1, 0.15) is 39.5 Å². The monoisotopic (exact) mass is 344 g/mol. The summed E-state index contributed by atoms with van der Waals surface area (Å²) in [6, 6.07) is -0.811. The summed E-state index contributed by atoms with van der Waals surface area (Å²) in [5, 5.41) is 20.9. The zero-order valence-electron chi connectivity index (χ0n) is 13.9. The first kappa shape index (κ1) is 19.8. The van der Waals surface area contributed by atoms with Gasteiger partial charge in [0.1, 0.15) is 11.7 Å². The molecule has 0 spiro atoms. The van der Waals surface area contributed by atoms with E-state index in [-0.39, 0.29) is 5.70 Å². The van der Waals surface area contributed by atoms with E-state index in [9.17, 15) is 14.7 Å². The first-order chi connectivity index (χ1) is 10.7. The largest absolute Gasteiger partial charge is 0.480 e. The van der Waals surface area contributed by atoms with Crippen LogP contribution in [0.15, 0.2) is 11.8 Å². The molecule has 0 heterocycles. The lowest BCUT2D eigenvalue weighted by Crippen LogP contribution is -2.32. The maximum Gasteiger partial charge on any atom is 0.351 e. The van der Waals surface area contributed by atoms with Crippen molar-refractivity contribution in [3.8, 4) is 0 Å². The van der Waals surface area contributed by atoms with Gasteiger partial charge in [-0.15, -0.1) is 0 Å². The average Bonchev–Trinajstić information content (AvgIpc) is 3.07. The Morgan fingerprint density at radius 3 is 2.57 bits per heavy atom. The van der Waals surface area contributed by atoms with Gasteiger partial charge >= 0.3 is 11.9 Å². The Bertz CT molecular complexity index is 451. The Morgan fingerprint density at radius 1 is 1.39 bits per heavy atom. The molecule has 2 atom stereocenters. The molecule has 1 unspecified atom stereocenters. The minimum absolute atomic E-state index is 0.285. The molecule has 0 aromatic rings. The van der Waals surface area contributed by atoms with Gasteiger partial charge in [0.2, 0.25) is 0 Å². The topological polar surface area (TPSA) is 113 Å². The molecule has 6 nitrogen and oxygen atoms in total. The van der Waals surface area contributed by atoms with Crippen molar-refractivity contribution in [2.45, 2.75) is 45.6 Å². The number of hydrogen-bond donors (Lipinski definition) is 4. The third-order valence-corrected chi connectivity index (χ3v) is 5.36. The molecule has 1 aliphatic rings. The van der Waals surface area contributed by atoms with E-state index in [0.717, 1.165) is 25.0 Å². The molecule has 23 heavy (non-hydrogen) atoms. The normalized spacial score (nSPS) is 20.8. The molecule has 132 valence electrons. The van der Waals surface area contributed by atoms with Crippen molar-refractivity contribution in [1.29, 1.82) is 0 Å². The maximum absolute atomic E-state index is 11.2. The van der Waals surface area contributed by atoms with Gasteiger partial charge in [-0.1, -0.05) is 19.9 Å². The summed E-state index contributed by atoms with van der Waals surface area (Å²) >= 11 is 1.52. The van der Waals surface area contributed by atoms with Crippen molar-refractivity contribution >= 4 is 23.7 Å². The van der Waals surface area contributed by atoms with E-state index >= 15 is 0 Å². The Morgan fingerprint density at radius 2 is 2.04 bits per heavy atom. The van der Waals surface area contributed by atoms with Crippen molar-refractivity contribution in [2.75, 3.05) is 18.1 Å². The number of rotatable bonds is 12. The predicted molar refractivity (Wildman–Crippen MR) is 92.4 cm³/mol. The highest BCUT2D eigenvalue weighted by molar-refractivity contribution is 7.99. The van der Waals surface area contributed by atoms with Crippen molar-refractivity contribution in [1.82, 2.24) is 5.32 Å². The Hall–Kier alpha value is -1.21. The second kappa shape index (κ2) is 9.17. The van der Waals surface area contributed by atoms with Gasteiger partial charge in [-0.2, -0.15) is 11.8 Å². The van der Waals surface area contributed by atoms with E-state index in [1.165, 1.54) is 11.8 Å². The van der Waals surface area contributed by atoms with E-state index in [2.05, 4.69) is 19.2 Å². The molecule has 0 aromatic carbocycles. The average molecular weight is 344 g/mol. The molecule has 0 aliphatic heterocycles. The van der Waals surface area contributed by atoms with Crippen LogP contribution < -0.4 is 11.1 Å². The zero-order chi connectivity index (χ0) is 17.5. The van der Waals surface area contributed by atoms with Gasteiger partial charge in [-0.25, -0.2) is 4.79 Å². The predicted octanol–water partition coefficient (Wildman–Crippen LogP) is 1.91. The lowest BCUT2D eigenvalue weighted by Gasteiger charge is -2.08. The molecule has 7 heteroatoms. The van der Waals surface area contributed by atoms with Crippen LogP contribution in [0.3, 0.4) is 0 Å². The van der Waals surface area contributed by atoms with E-state index < -0.39 is 18.0 Å². The fourth-order valence-corrected chi connectivity index (χ4v) is 3.24. The summed E-state index contributed by atoms with van der Waals surface area (Å²) in [5.41, 5.74) is 6.03. The highest BCUT2D eigenvalue weighted by Gasteiger charge is 2.45. The van der Waals surface area contributed by atoms with Crippen LogP contribution >= 0.6 is 11.8 Å². The van der Waals surface area contributed by atoms with Gasteiger partial charge in [-0.3, -0.25) is 4.79 Å². The molecule has 5 N–H and O–H groups in total. The van der Waals surface area contributed by atoms with Gasteiger partial charge < -0.3 is 21.3 Å². The number of thioether (sulfide) groups is 1. The molecule has 0 bridgehead atoms. The third kappa shape index (κ3) is 7.74. The Labute approximate surface area is 141 Å². The quantitative estimate of drug-likeness (QED) is 0.316. The first-order valence-electron chi connectivity index (χ1n) is 7.97. The number of carboxylic acids is 2. The first-order valence-corrected chi connectivity index (χ1v) is 9.13. The SMILES string of the molecule is CC1(C)CC1CN/C(=C\CCCCSC[C@H](N)C(=O)O)C(=O)O. The Balaban J connectivity index is 2.14. The van der Waals surface area contributed by atoms with Crippen LogP contribution in [0, 0.1) is 11.3 Å². The minimum atomic E-state index is -0.976. The highest BCUT2D eigenvalue weighted by Crippen LogP contribution is 2.51. The molecule has 0 aromatic heterocycles. The number of unbranched alkanes of at least 4 members (excludes halogenated alkanes) is 2. The second-order valence-corrected chi connectivity index (χ2v) is 7.86. The second-order valence-electron chi connectivity index (χ2n) is 6.71. The number of allylic oxidation sites excluding steroid dienone is 1. The summed E-state index contributed by atoms with van der Waals surface area (Å²) in [6.07, 6.45) is 5.38. The van der Waals surface area contributed by atoms with Gasteiger partial charge in [0.15, 0.2) is 0 Å². The highest BCUT2D eigenvalue weighted by atomic mass is 32.2. The fourth-order valence-electron chi connectivity index (χ4n) is 2.27. The zero-order valence-corrected chi connectivity index (χ0v) is 14.7. The van der Waals surface area contributed by atoms with E-state index in [1.807, 2.05) is 0 Å². The smallest absolute Gasteiger partial charge is 0.351 e. The maximum atomic E-state index is 11.2. The molecule has 0 saturated heterocycles. The van der Waals surface area contributed by atoms with Crippen molar-refractivity contribution in [2.24, 2.45) is 17.1 Å². The van der Waals surface area contributed by atoms with Crippen LogP contribution in [-0.4, -0.2) is 46.2 Å². The van der Waals surface area contributed by atoms with Gasteiger partial charge in [0.05, 0.1) is 0 Å². The molecule has 1 rings (SSSR count). The molecule has 0 amide bonds. The molecule has 1 saturated carbocycles. The van der Waals surface area contributed by atoms with Crippen LogP contribution in [0.2, 0.25) is 0 Å². The lowest BCUT2D eigenvalue weighted by atomic mass is 10.1. The van der Waals surface area contributed by atoms with E-state index in [1.54, 1.807) is 6.08 Å². The fraction of sp³-hybridized carbons (Fsp3) is 0.750. The van der Waals surface area contributed by atoms with Crippen molar-refractivity contribution in [3.05, 3.63) is 11.8 Å². The summed E-state index contributed by atoms with van der Waals surface area (Å²) in [6.45, 7) is 5.10. The number of carbonyl (C=O) groups is 2. The number of hydrogen-bond acceptors (Lipinski definition) is 5. The molecule has 0 radical (unpaired) electrons. The number of nitrogens with two attached hydrogens (primary N) is 1. The minimum Gasteiger partial charge on any atom is -0.480 e. The molecule has 1 aliphatic carbocycles. The van der Waals surface area contributed by atoms with Crippen LogP contribution in [0.4, 0.5) is 0 Å². The van der Waals surface area contributed by atoms with Crippen molar-refractivity contribution in [3.63, 3.8) is 0 Å². The van der Waals surface area contributed by atoms with E-state index in [0.29, 0.717) is 30.1 Å². The van der Waals surface area contributed by atoms with Crippen molar-refractivity contribution < 1.29 is 19.8 Å². The lowest BCUT2D eigenvalue weighted by molar-refractivity contribution is -0.138. The number of aliphatic carboxylic acids is 2. The Kier molecular flexibility index (Phi) is 7.91. The van der Waals surface area contributed by atoms with Gasteiger partial charge in [0, 0.05) is 12.3 Å². The molecule has 1 fully saturated rings. The van der Waals surface area contributed by atoms with Crippen LogP contribution in [0.5, 0.6) is 0 Å².